The number of esters is 1. The van der Waals surface area contributed by atoms with Gasteiger partial charge in [0.1, 0.15) is 18.2 Å². The first-order valence-corrected chi connectivity index (χ1v) is 5.43. The Morgan fingerprint density at radius 1 is 1.33 bits per heavy atom. The van der Waals surface area contributed by atoms with E-state index in [0.29, 0.717) is 0 Å². The Labute approximate surface area is 104 Å². The maximum atomic E-state index is 11.0. The zero-order valence-corrected chi connectivity index (χ0v) is 10.1. The molecule has 1 saturated heterocycles. The highest BCUT2D eigenvalue weighted by atomic mass is 16.6. The lowest BCUT2D eigenvalue weighted by atomic mass is 9.96. The molecular weight excluding hydrogens is 246 g/mol. The molecule has 0 aromatic carbocycles. The summed E-state index contributed by atoms with van der Waals surface area (Å²) in [5.74, 6) is -1.16. The van der Waals surface area contributed by atoms with Gasteiger partial charge in [-0.25, -0.2) is 0 Å². The van der Waals surface area contributed by atoms with E-state index in [4.69, 9.17) is 14.6 Å². The molecule has 0 spiro atoms. The summed E-state index contributed by atoms with van der Waals surface area (Å²) in [5.41, 5.74) is 0. The first-order chi connectivity index (χ1) is 8.36. The van der Waals surface area contributed by atoms with Crippen LogP contribution in [0.15, 0.2) is 0 Å². The average molecular weight is 263 g/mol. The van der Waals surface area contributed by atoms with E-state index in [1.165, 1.54) is 6.92 Å². The van der Waals surface area contributed by atoms with Crippen LogP contribution in [-0.4, -0.2) is 64.4 Å². The fourth-order valence-electron chi connectivity index (χ4n) is 1.80. The molecule has 104 valence electrons. The van der Waals surface area contributed by atoms with E-state index in [9.17, 15) is 19.8 Å². The van der Waals surface area contributed by atoms with Gasteiger partial charge in [-0.1, -0.05) is 0 Å². The maximum Gasteiger partial charge on any atom is 0.303 e. The Hall–Kier alpha value is -1.22. The van der Waals surface area contributed by atoms with Crippen molar-refractivity contribution in [1.82, 2.24) is 5.32 Å². The van der Waals surface area contributed by atoms with Gasteiger partial charge in [-0.15, -0.1) is 0 Å². The normalized spacial score (nSPS) is 35.9. The van der Waals surface area contributed by atoms with Gasteiger partial charge in [0.2, 0.25) is 5.91 Å². The molecule has 1 amide bonds. The predicted molar refractivity (Wildman–Crippen MR) is 57.1 cm³/mol. The lowest BCUT2D eigenvalue weighted by Crippen LogP contribution is -2.65. The van der Waals surface area contributed by atoms with Crippen molar-refractivity contribution < 1.29 is 34.4 Å². The molecule has 1 fully saturated rings. The van der Waals surface area contributed by atoms with Crippen molar-refractivity contribution >= 4 is 11.9 Å². The Morgan fingerprint density at radius 2 is 1.94 bits per heavy atom. The molecule has 4 N–H and O–H groups in total. The molecule has 4 unspecified atom stereocenters. The minimum Gasteiger partial charge on any atom is -0.457 e. The van der Waals surface area contributed by atoms with Gasteiger partial charge in [0, 0.05) is 13.8 Å². The summed E-state index contributed by atoms with van der Waals surface area (Å²) < 4.78 is 9.79. The highest BCUT2D eigenvalue weighted by Gasteiger charge is 2.46. The lowest BCUT2D eigenvalue weighted by molar-refractivity contribution is -0.258. The molecule has 1 aliphatic rings. The van der Waals surface area contributed by atoms with Crippen LogP contribution in [-0.2, 0) is 19.1 Å². The molecular formula is C10H17NO7. The number of hydrogen-bond donors (Lipinski definition) is 4. The van der Waals surface area contributed by atoms with Gasteiger partial charge >= 0.3 is 5.97 Å². The first kappa shape index (κ1) is 14.8. The van der Waals surface area contributed by atoms with Gasteiger partial charge in [0.15, 0.2) is 12.4 Å². The van der Waals surface area contributed by atoms with Crippen molar-refractivity contribution in [2.75, 3.05) is 6.61 Å². The van der Waals surface area contributed by atoms with Crippen molar-refractivity contribution in [3.05, 3.63) is 0 Å². The fourth-order valence-corrected chi connectivity index (χ4v) is 1.80. The Balaban J connectivity index is 2.89. The highest BCUT2D eigenvalue weighted by Crippen LogP contribution is 2.22. The standard InChI is InChI=1S/C10H17NO7/c1-4(13)11-7-9(17-5(2)14)8(15)6(3-12)18-10(7)16/h6-10,12,15-16H,3H2,1-2H3,(H,11,13)/t6?,7?,8?,9-,10?/m1/s1. The van der Waals surface area contributed by atoms with Crippen LogP contribution in [0, 0.1) is 0 Å². The van der Waals surface area contributed by atoms with Crippen LogP contribution < -0.4 is 5.32 Å². The lowest BCUT2D eigenvalue weighted by Gasteiger charge is -2.41. The molecule has 0 aromatic rings. The number of rotatable bonds is 3. The SMILES string of the molecule is CC(=O)NC1C(O)OC(CO)C(O)[C@@H]1OC(C)=O. The molecule has 1 aliphatic heterocycles. The summed E-state index contributed by atoms with van der Waals surface area (Å²) in [6, 6.07) is -1.09. The summed E-state index contributed by atoms with van der Waals surface area (Å²) in [4.78, 5) is 22.0. The zero-order valence-electron chi connectivity index (χ0n) is 10.1. The average Bonchev–Trinajstić information content (AvgIpc) is 2.27. The van der Waals surface area contributed by atoms with Crippen molar-refractivity contribution in [1.29, 1.82) is 0 Å². The second-order valence-electron chi connectivity index (χ2n) is 4.04. The van der Waals surface area contributed by atoms with Crippen LogP contribution >= 0.6 is 0 Å². The summed E-state index contributed by atoms with van der Waals surface area (Å²) in [7, 11) is 0. The molecule has 0 bridgehead atoms. The summed E-state index contributed by atoms with van der Waals surface area (Å²) >= 11 is 0. The summed E-state index contributed by atoms with van der Waals surface area (Å²) in [6.07, 6.45) is -5.11. The quantitative estimate of drug-likeness (QED) is 0.414. The van der Waals surface area contributed by atoms with Gasteiger partial charge in [0.05, 0.1) is 6.61 Å². The first-order valence-electron chi connectivity index (χ1n) is 5.43. The Kier molecular flexibility index (Phi) is 5.03. The van der Waals surface area contributed by atoms with Crippen molar-refractivity contribution in [3.63, 3.8) is 0 Å². The predicted octanol–water partition coefficient (Wildman–Crippen LogP) is -2.51. The van der Waals surface area contributed by atoms with Gasteiger partial charge in [-0.3, -0.25) is 9.59 Å². The Bertz CT molecular complexity index is 321. The van der Waals surface area contributed by atoms with Crippen molar-refractivity contribution in [2.24, 2.45) is 0 Å². The van der Waals surface area contributed by atoms with Crippen LogP contribution in [0.1, 0.15) is 13.8 Å². The zero-order chi connectivity index (χ0) is 13.9. The third-order valence-corrected chi connectivity index (χ3v) is 2.54. The minimum atomic E-state index is -1.49. The smallest absolute Gasteiger partial charge is 0.303 e. The van der Waals surface area contributed by atoms with Gasteiger partial charge in [0.25, 0.3) is 0 Å². The monoisotopic (exact) mass is 263 g/mol. The minimum absolute atomic E-state index is 0.477. The van der Waals surface area contributed by atoms with Crippen LogP contribution in [0.3, 0.4) is 0 Å². The topological polar surface area (TPSA) is 125 Å². The molecule has 1 heterocycles. The third-order valence-electron chi connectivity index (χ3n) is 2.54. The number of aliphatic hydroxyl groups excluding tert-OH is 3. The number of amides is 1. The molecule has 5 atom stereocenters. The van der Waals surface area contributed by atoms with E-state index in [1.807, 2.05) is 0 Å². The number of carbonyl (C=O) groups excluding carboxylic acids is 2. The number of ether oxygens (including phenoxy) is 2. The molecule has 8 nitrogen and oxygen atoms in total. The van der Waals surface area contributed by atoms with E-state index in [1.54, 1.807) is 0 Å². The van der Waals surface area contributed by atoms with Gasteiger partial charge < -0.3 is 30.1 Å². The van der Waals surface area contributed by atoms with Gasteiger partial charge in [-0.05, 0) is 0 Å². The van der Waals surface area contributed by atoms with Crippen molar-refractivity contribution in [3.8, 4) is 0 Å². The molecule has 0 aliphatic carbocycles. The summed E-state index contributed by atoms with van der Waals surface area (Å²) in [5, 5.41) is 30.8. The largest absolute Gasteiger partial charge is 0.457 e. The maximum absolute atomic E-state index is 11.0. The Morgan fingerprint density at radius 3 is 2.39 bits per heavy atom. The number of carbonyl (C=O) groups is 2. The molecule has 0 radical (unpaired) electrons. The molecule has 1 rings (SSSR count). The molecule has 0 saturated carbocycles. The summed E-state index contributed by atoms with van der Waals surface area (Å²) in [6.45, 7) is 1.79. The highest BCUT2D eigenvalue weighted by molar-refractivity contribution is 5.73. The van der Waals surface area contributed by atoms with E-state index in [-0.39, 0.29) is 0 Å². The second kappa shape index (κ2) is 6.10. The second-order valence-corrected chi connectivity index (χ2v) is 4.04. The van der Waals surface area contributed by atoms with Crippen molar-refractivity contribution in [2.45, 2.75) is 44.5 Å². The molecule has 8 heteroatoms. The third kappa shape index (κ3) is 3.39. The van der Waals surface area contributed by atoms with Crippen LogP contribution in [0.4, 0.5) is 0 Å². The number of aliphatic hydroxyl groups is 3. The number of hydrogen-bond acceptors (Lipinski definition) is 7. The van der Waals surface area contributed by atoms with Crippen LogP contribution in [0.5, 0.6) is 0 Å². The fraction of sp³-hybridized carbons (Fsp3) is 0.800. The van der Waals surface area contributed by atoms with E-state index < -0.39 is 49.1 Å². The van der Waals surface area contributed by atoms with Gasteiger partial charge in [-0.2, -0.15) is 0 Å². The van der Waals surface area contributed by atoms with Crippen LogP contribution in [0.2, 0.25) is 0 Å². The van der Waals surface area contributed by atoms with E-state index >= 15 is 0 Å². The molecule has 18 heavy (non-hydrogen) atoms. The van der Waals surface area contributed by atoms with Crippen LogP contribution in [0.25, 0.3) is 0 Å². The molecule has 0 aromatic heterocycles. The van der Waals surface area contributed by atoms with E-state index in [0.717, 1.165) is 6.92 Å². The number of nitrogens with one attached hydrogen (secondary N) is 1. The van der Waals surface area contributed by atoms with E-state index in [2.05, 4.69) is 5.32 Å².